The quantitative estimate of drug-likeness (QED) is 0.878. The molecule has 1 aliphatic heterocycles. The van der Waals surface area contributed by atoms with E-state index in [1.165, 1.54) is 12.1 Å². The molecule has 1 amide bonds. The van der Waals surface area contributed by atoms with Gasteiger partial charge in [-0.15, -0.1) is 0 Å². The number of benzene rings is 1. The van der Waals surface area contributed by atoms with Crippen LogP contribution in [0.5, 0.6) is 0 Å². The summed E-state index contributed by atoms with van der Waals surface area (Å²) in [4.78, 5) is 16.8. The van der Waals surface area contributed by atoms with Gasteiger partial charge >= 0.3 is 6.18 Å². The minimum atomic E-state index is -4.36. The van der Waals surface area contributed by atoms with Gasteiger partial charge in [-0.1, -0.05) is 13.8 Å². The van der Waals surface area contributed by atoms with Crippen molar-refractivity contribution in [2.75, 3.05) is 32.5 Å². The van der Waals surface area contributed by atoms with Crippen LogP contribution in [0.2, 0.25) is 0 Å². The molecule has 0 aromatic heterocycles. The Morgan fingerprint density at radius 3 is 2.28 bits per heavy atom. The Bertz CT molecular complexity index is 584. The van der Waals surface area contributed by atoms with Crippen LogP contribution in [0.15, 0.2) is 24.3 Å². The molecule has 1 saturated heterocycles. The van der Waals surface area contributed by atoms with E-state index in [4.69, 9.17) is 0 Å². The van der Waals surface area contributed by atoms with Gasteiger partial charge < -0.3 is 15.1 Å². The van der Waals surface area contributed by atoms with Crippen molar-refractivity contribution >= 4 is 11.6 Å². The van der Waals surface area contributed by atoms with Gasteiger partial charge in [0.25, 0.3) is 0 Å². The van der Waals surface area contributed by atoms with E-state index in [0.29, 0.717) is 24.8 Å². The van der Waals surface area contributed by atoms with E-state index in [-0.39, 0.29) is 11.8 Å². The summed E-state index contributed by atoms with van der Waals surface area (Å²) in [6.45, 7) is 5.25. The second-order valence-electron chi connectivity index (χ2n) is 7.13. The topological polar surface area (TPSA) is 35.6 Å². The summed E-state index contributed by atoms with van der Waals surface area (Å²) in [6.07, 6.45) is -3.42. The second kappa shape index (κ2) is 7.64. The third-order valence-electron chi connectivity index (χ3n) is 4.67. The molecule has 25 heavy (non-hydrogen) atoms. The number of carbonyl (C=O) groups is 1. The van der Waals surface area contributed by atoms with Crippen LogP contribution in [0.3, 0.4) is 0 Å². The summed E-state index contributed by atoms with van der Waals surface area (Å²) >= 11 is 0. The first-order valence-electron chi connectivity index (χ1n) is 8.48. The predicted molar refractivity (Wildman–Crippen MR) is 92.4 cm³/mol. The minimum Gasteiger partial charge on any atom is -0.373 e. The van der Waals surface area contributed by atoms with Crippen LogP contribution in [0, 0.1) is 5.92 Å². The van der Waals surface area contributed by atoms with E-state index in [0.717, 1.165) is 18.6 Å². The van der Waals surface area contributed by atoms with E-state index in [9.17, 15) is 18.0 Å². The molecule has 0 bridgehead atoms. The van der Waals surface area contributed by atoms with Crippen molar-refractivity contribution in [3.05, 3.63) is 29.8 Å². The van der Waals surface area contributed by atoms with Gasteiger partial charge in [0.1, 0.15) is 6.04 Å². The number of hydrogen-bond acceptors (Lipinski definition) is 3. The number of nitrogens with one attached hydrogen (secondary N) is 1. The Morgan fingerprint density at radius 1 is 1.24 bits per heavy atom. The first kappa shape index (κ1) is 19.6. The number of carbonyl (C=O) groups excluding carboxylic acids is 1. The van der Waals surface area contributed by atoms with Crippen LogP contribution in [-0.4, -0.2) is 55.0 Å². The lowest BCUT2D eigenvalue weighted by molar-refractivity contribution is -0.137. The van der Waals surface area contributed by atoms with Crippen LogP contribution in [0.1, 0.15) is 25.8 Å². The lowest BCUT2D eigenvalue weighted by Gasteiger charge is -2.28. The van der Waals surface area contributed by atoms with Gasteiger partial charge in [-0.2, -0.15) is 13.2 Å². The number of rotatable bonds is 5. The molecule has 1 aromatic rings. The van der Waals surface area contributed by atoms with Gasteiger partial charge in [0.05, 0.1) is 5.56 Å². The molecule has 7 heteroatoms. The minimum absolute atomic E-state index is 0.000696. The Balaban J connectivity index is 2.07. The van der Waals surface area contributed by atoms with Crippen molar-refractivity contribution in [1.82, 2.24) is 9.80 Å². The zero-order valence-electron chi connectivity index (χ0n) is 15.1. The van der Waals surface area contributed by atoms with E-state index in [1.54, 1.807) is 0 Å². The number of likely N-dealkylation sites (N-methyl/N-ethyl adjacent to an activating group) is 1. The first-order chi connectivity index (χ1) is 11.6. The first-order valence-corrected chi connectivity index (χ1v) is 8.48. The molecular formula is C18H26F3N3O. The highest BCUT2D eigenvalue weighted by Gasteiger charge is 2.33. The van der Waals surface area contributed by atoms with Crippen molar-refractivity contribution in [1.29, 1.82) is 0 Å². The smallest absolute Gasteiger partial charge is 0.373 e. The highest BCUT2D eigenvalue weighted by atomic mass is 19.4. The number of nitrogens with zero attached hydrogens (tertiary/aromatic N) is 2. The van der Waals surface area contributed by atoms with E-state index in [1.807, 2.05) is 32.8 Å². The van der Waals surface area contributed by atoms with Gasteiger partial charge in [-0.05, 0) is 50.7 Å². The third kappa shape index (κ3) is 4.87. The SMILES string of the molecule is CC(C)[C@@H](Nc1ccc(C(F)(F)F)cc1)C(=O)N1CC[C@@H](N(C)C)C1. The summed E-state index contributed by atoms with van der Waals surface area (Å²) < 4.78 is 38.0. The highest BCUT2D eigenvalue weighted by molar-refractivity contribution is 5.85. The zero-order valence-corrected chi connectivity index (χ0v) is 15.1. The van der Waals surface area contributed by atoms with Crippen molar-refractivity contribution in [3.63, 3.8) is 0 Å². The average molecular weight is 357 g/mol. The van der Waals surface area contributed by atoms with Crippen LogP contribution >= 0.6 is 0 Å². The molecule has 1 aliphatic rings. The van der Waals surface area contributed by atoms with Crippen molar-refractivity contribution in [3.8, 4) is 0 Å². The zero-order chi connectivity index (χ0) is 18.8. The number of amides is 1. The summed E-state index contributed by atoms with van der Waals surface area (Å²) in [5, 5.41) is 3.11. The van der Waals surface area contributed by atoms with Crippen LogP contribution < -0.4 is 5.32 Å². The standard InChI is InChI=1S/C18H26F3N3O/c1-12(2)16(17(25)24-10-9-15(11-24)23(3)4)22-14-7-5-13(6-8-14)18(19,20)21/h5-8,12,15-16,22H,9-11H2,1-4H3/t15-,16-/m1/s1. The molecule has 1 N–H and O–H groups in total. The molecular weight excluding hydrogens is 331 g/mol. The van der Waals surface area contributed by atoms with Crippen LogP contribution in [-0.2, 0) is 11.0 Å². The molecule has 0 radical (unpaired) electrons. The molecule has 0 spiro atoms. The van der Waals surface area contributed by atoms with Crippen LogP contribution in [0.25, 0.3) is 0 Å². The number of likely N-dealkylation sites (tertiary alicyclic amines) is 1. The lowest BCUT2D eigenvalue weighted by atomic mass is 10.0. The van der Waals surface area contributed by atoms with E-state index in [2.05, 4.69) is 10.2 Å². The van der Waals surface area contributed by atoms with Gasteiger partial charge in [-0.25, -0.2) is 0 Å². The predicted octanol–water partition coefficient (Wildman–Crippen LogP) is 3.30. The summed E-state index contributed by atoms with van der Waals surface area (Å²) in [5.41, 5.74) is -0.178. The molecule has 4 nitrogen and oxygen atoms in total. The molecule has 2 rings (SSSR count). The number of hydrogen-bond donors (Lipinski definition) is 1. The van der Waals surface area contributed by atoms with E-state index >= 15 is 0 Å². The maximum absolute atomic E-state index is 12.9. The maximum atomic E-state index is 12.9. The van der Waals surface area contributed by atoms with Gasteiger partial charge in [-0.3, -0.25) is 4.79 Å². The number of halogens is 3. The summed E-state index contributed by atoms with van der Waals surface area (Å²) in [7, 11) is 4.00. The monoisotopic (exact) mass is 357 g/mol. The van der Waals surface area contributed by atoms with Crippen molar-refractivity contribution in [2.45, 2.75) is 38.5 Å². The highest BCUT2D eigenvalue weighted by Crippen LogP contribution is 2.30. The van der Waals surface area contributed by atoms with Gasteiger partial charge in [0.2, 0.25) is 5.91 Å². The second-order valence-corrected chi connectivity index (χ2v) is 7.13. The lowest BCUT2D eigenvalue weighted by Crippen LogP contribution is -2.45. The molecule has 0 saturated carbocycles. The number of alkyl halides is 3. The Kier molecular flexibility index (Phi) is 5.98. The van der Waals surface area contributed by atoms with Crippen molar-refractivity contribution in [2.24, 2.45) is 5.92 Å². The fourth-order valence-corrected chi connectivity index (χ4v) is 3.01. The van der Waals surface area contributed by atoms with Gasteiger partial charge in [0, 0.05) is 24.8 Å². The Hall–Kier alpha value is -1.76. The molecule has 1 fully saturated rings. The Labute approximate surface area is 147 Å². The molecule has 0 unspecified atom stereocenters. The molecule has 1 aromatic carbocycles. The number of anilines is 1. The van der Waals surface area contributed by atoms with Gasteiger partial charge in [0.15, 0.2) is 0 Å². The van der Waals surface area contributed by atoms with Crippen LogP contribution in [0.4, 0.5) is 18.9 Å². The fraction of sp³-hybridized carbons (Fsp3) is 0.611. The Morgan fingerprint density at radius 2 is 1.84 bits per heavy atom. The molecule has 2 atom stereocenters. The third-order valence-corrected chi connectivity index (χ3v) is 4.67. The average Bonchev–Trinajstić information content (AvgIpc) is 3.01. The summed E-state index contributed by atoms with van der Waals surface area (Å²) in [5.74, 6) is 0.0208. The van der Waals surface area contributed by atoms with Crippen molar-refractivity contribution < 1.29 is 18.0 Å². The molecule has 0 aliphatic carbocycles. The maximum Gasteiger partial charge on any atom is 0.416 e. The summed E-state index contributed by atoms with van der Waals surface area (Å²) in [6, 6.07) is 4.70. The van der Waals surface area contributed by atoms with E-state index < -0.39 is 17.8 Å². The fourth-order valence-electron chi connectivity index (χ4n) is 3.01. The largest absolute Gasteiger partial charge is 0.416 e. The molecule has 1 heterocycles. The molecule has 140 valence electrons. The normalized spacial score (nSPS) is 19.6.